The Morgan fingerprint density at radius 1 is 1.39 bits per heavy atom. The fourth-order valence-corrected chi connectivity index (χ4v) is 4.52. The van der Waals surface area contributed by atoms with E-state index in [0.717, 1.165) is 42.3 Å². The summed E-state index contributed by atoms with van der Waals surface area (Å²) in [5.41, 5.74) is 3.18. The molecule has 126 valence electrons. The molecule has 0 aromatic heterocycles. The third-order valence-electron chi connectivity index (χ3n) is 4.81. The van der Waals surface area contributed by atoms with E-state index in [4.69, 9.17) is 0 Å². The summed E-state index contributed by atoms with van der Waals surface area (Å²) in [5, 5.41) is 10.6. The van der Waals surface area contributed by atoms with Crippen LogP contribution in [0.2, 0.25) is 0 Å². The lowest BCUT2D eigenvalue weighted by Crippen LogP contribution is -2.35. The molecule has 1 saturated heterocycles. The van der Waals surface area contributed by atoms with Gasteiger partial charge in [0.15, 0.2) is 0 Å². The minimum absolute atomic E-state index is 0.176. The summed E-state index contributed by atoms with van der Waals surface area (Å²) >= 11 is 1.98. The number of hydrogen-bond acceptors (Lipinski definition) is 4. The minimum Gasteiger partial charge on any atom is -0.387 e. The third-order valence-corrected chi connectivity index (χ3v) is 5.75. The van der Waals surface area contributed by atoms with Gasteiger partial charge in [0.2, 0.25) is 5.91 Å². The van der Waals surface area contributed by atoms with E-state index in [9.17, 15) is 9.90 Å². The number of anilines is 1. The van der Waals surface area contributed by atoms with Gasteiger partial charge in [-0.2, -0.15) is 11.8 Å². The lowest BCUT2D eigenvalue weighted by Gasteiger charge is -2.28. The van der Waals surface area contributed by atoms with E-state index < -0.39 is 6.10 Å². The van der Waals surface area contributed by atoms with E-state index in [1.54, 1.807) is 0 Å². The topological polar surface area (TPSA) is 43.8 Å². The molecule has 0 spiro atoms. The number of nitrogens with zero attached hydrogens (tertiary/aromatic N) is 2. The number of amides is 1. The van der Waals surface area contributed by atoms with Crippen LogP contribution >= 0.6 is 11.8 Å². The van der Waals surface area contributed by atoms with Crippen molar-refractivity contribution in [2.75, 3.05) is 36.0 Å². The number of carbonyl (C=O) groups excluding carboxylic acids is 1. The average Bonchev–Trinajstić information content (AvgIpc) is 2.90. The number of aliphatic hydroxyl groups excluding tert-OH is 1. The van der Waals surface area contributed by atoms with E-state index in [1.807, 2.05) is 35.7 Å². The van der Waals surface area contributed by atoms with E-state index in [2.05, 4.69) is 17.9 Å². The van der Waals surface area contributed by atoms with Gasteiger partial charge in [0.25, 0.3) is 0 Å². The molecule has 1 aromatic carbocycles. The fraction of sp³-hybridized carbons (Fsp3) is 0.611. The highest BCUT2D eigenvalue weighted by Crippen LogP contribution is 2.34. The molecule has 4 nitrogen and oxygen atoms in total. The summed E-state index contributed by atoms with van der Waals surface area (Å²) in [5.74, 6) is 2.49. The molecule has 1 N–H and O–H groups in total. The zero-order valence-corrected chi connectivity index (χ0v) is 14.8. The zero-order valence-electron chi connectivity index (χ0n) is 14.0. The maximum absolute atomic E-state index is 12.1. The van der Waals surface area contributed by atoms with Crippen molar-refractivity contribution in [1.29, 1.82) is 0 Å². The van der Waals surface area contributed by atoms with Crippen LogP contribution in [0, 0.1) is 0 Å². The molecule has 3 rings (SSSR count). The van der Waals surface area contributed by atoms with Gasteiger partial charge in [-0.05, 0) is 30.5 Å². The van der Waals surface area contributed by atoms with Gasteiger partial charge in [0.05, 0.1) is 6.10 Å². The number of carbonyl (C=O) groups is 1. The molecule has 5 heteroatoms. The van der Waals surface area contributed by atoms with Crippen LogP contribution in [-0.2, 0) is 11.2 Å². The van der Waals surface area contributed by atoms with Crippen LogP contribution < -0.4 is 4.90 Å². The Bertz CT molecular complexity index is 572. The molecule has 2 aliphatic rings. The number of thioether (sulfide) groups is 1. The van der Waals surface area contributed by atoms with Gasteiger partial charge < -0.3 is 10.0 Å². The second-order valence-electron chi connectivity index (χ2n) is 6.49. The van der Waals surface area contributed by atoms with Gasteiger partial charge in [0.1, 0.15) is 0 Å². The van der Waals surface area contributed by atoms with E-state index in [0.29, 0.717) is 13.0 Å². The molecule has 0 radical (unpaired) electrons. The number of aliphatic hydroxyl groups is 1. The Morgan fingerprint density at radius 2 is 2.13 bits per heavy atom. The highest BCUT2D eigenvalue weighted by Gasteiger charge is 2.30. The minimum atomic E-state index is -0.449. The molecule has 1 fully saturated rings. The molecule has 0 aliphatic carbocycles. The largest absolute Gasteiger partial charge is 0.387 e. The number of fused-ring (bicyclic) bond motifs is 1. The van der Waals surface area contributed by atoms with Gasteiger partial charge in [-0.15, -0.1) is 0 Å². The Balaban J connectivity index is 1.73. The molecule has 0 unspecified atom stereocenters. The first-order chi connectivity index (χ1) is 11.1. The molecule has 23 heavy (non-hydrogen) atoms. The maximum atomic E-state index is 12.1. The van der Waals surface area contributed by atoms with Crippen LogP contribution in [0.15, 0.2) is 18.2 Å². The van der Waals surface area contributed by atoms with E-state index in [1.165, 1.54) is 5.56 Å². The van der Waals surface area contributed by atoms with Crippen LogP contribution in [0.1, 0.15) is 37.5 Å². The van der Waals surface area contributed by atoms with Gasteiger partial charge >= 0.3 is 0 Å². The van der Waals surface area contributed by atoms with Crippen molar-refractivity contribution in [2.45, 2.75) is 38.8 Å². The third kappa shape index (κ3) is 3.57. The Kier molecular flexibility index (Phi) is 5.29. The Hall–Kier alpha value is -1.04. The highest BCUT2D eigenvalue weighted by molar-refractivity contribution is 7.99. The Morgan fingerprint density at radius 3 is 2.83 bits per heavy atom. The smallest absolute Gasteiger partial charge is 0.226 e. The second-order valence-corrected chi connectivity index (χ2v) is 7.71. The number of β-amino-alcohol motifs (C(OH)–C–C–N with tert-alkyl or cyclic N) is 1. The SMILES string of the molecule is CCC(=O)N1c2ccc([C@H](O)CN3CCSCC3)cc2C[C@@H]1C. The van der Waals surface area contributed by atoms with Gasteiger partial charge in [-0.1, -0.05) is 19.1 Å². The van der Waals surface area contributed by atoms with Crippen LogP contribution in [0.5, 0.6) is 0 Å². The highest BCUT2D eigenvalue weighted by atomic mass is 32.2. The first-order valence-electron chi connectivity index (χ1n) is 8.53. The summed E-state index contributed by atoms with van der Waals surface area (Å²) in [4.78, 5) is 16.4. The molecule has 1 amide bonds. The van der Waals surface area contributed by atoms with Crippen molar-refractivity contribution in [3.8, 4) is 0 Å². The van der Waals surface area contributed by atoms with E-state index >= 15 is 0 Å². The molecule has 2 heterocycles. The summed E-state index contributed by atoms with van der Waals surface area (Å²) in [7, 11) is 0. The number of benzene rings is 1. The zero-order chi connectivity index (χ0) is 16.4. The van der Waals surface area contributed by atoms with Crippen molar-refractivity contribution < 1.29 is 9.90 Å². The quantitative estimate of drug-likeness (QED) is 0.919. The predicted molar refractivity (Wildman–Crippen MR) is 96.1 cm³/mol. The van der Waals surface area contributed by atoms with Crippen molar-refractivity contribution in [3.63, 3.8) is 0 Å². The number of rotatable bonds is 4. The standard InChI is InChI=1S/C18H26N2O2S/c1-3-18(22)20-13(2)10-15-11-14(4-5-16(15)20)17(21)12-19-6-8-23-9-7-19/h4-5,11,13,17,21H,3,6-10,12H2,1-2H3/t13-,17+/m0/s1. The number of hydrogen-bond donors (Lipinski definition) is 1. The van der Waals surface area contributed by atoms with Gasteiger partial charge in [0, 0.05) is 49.3 Å². The van der Waals surface area contributed by atoms with Crippen molar-refractivity contribution in [1.82, 2.24) is 4.90 Å². The van der Waals surface area contributed by atoms with Crippen molar-refractivity contribution in [2.24, 2.45) is 0 Å². The summed E-state index contributed by atoms with van der Waals surface area (Å²) in [6.45, 7) is 6.81. The lowest BCUT2D eigenvalue weighted by molar-refractivity contribution is -0.118. The molecule has 2 atom stereocenters. The molecular formula is C18H26N2O2S. The first kappa shape index (κ1) is 16.8. The maximum Gasteiger partial charge on any atom is 0.226 e. The van der Waals surface area contributed by atoms with Crippen LogP contribution in [-0.4, -0.2) is 53.1 Å². The van der Waals surface area contributed by atoms with Crippen LogP contribution in [0.3, 0.4) is 0 Å². The van der Waals surface area contributed by atoms with Crippen molar-refractivity contribution >= 4 is 23.4 Å². The van der Waals surface area contributed by atoms with E-state index in [-0.39, 0.29) is 11.9 Å². The summed E-state index contributed by atoms with van der Waals surface area (Å²) < 4.78 is 0. The molecule has 0 bridgehead atoms. The fourth-order valence-electron chi connectivity index (χ4n) is 3.54. The van der Waals surface area contributed by atoms with Crippen LogP contribution in [0.4, 0.5) is 5.69 Å². The Labute approximate surface area is 142 Å². The second kappa shape index (κ2) is 7.24. The molecule has 1 aromatic rings. The molecule has 0 saturated carbocycles. The summed E-state index contributed by atoms with van der Waals surface area (Å²) in [6, 6.07) is 6.30. The van der Waals surface area contributed by atoms with Gasteiger partial charge in [-0.3, -0.25) is 9.69 Å². The van der Waals surface area contributed by atoms with Gasteiger partial charge in [-0.25, -0.2) is 0 Å². The lowest BCUT2D eigenvalue weighted by atomic mass is 10.0. The summed E-state index contributed by atoms with van der Waals surface area (Å²) in [6.07, 6.45) is 0.956. The molecule has 2 aliphatic heterocycles. The normalized spacial score (nSPS) is 22.9. The predicted octanol–water partition coefficient (Wildman–Crippen LogP) is 2.46. The first-order valence-corrected chi connectivity index (χ1v) is 9.68. The van der Waals surface area contributed by atoms with Crippen LogP contribution in [0.25, 0.3) is 0 Å². The molecular weight excluding hydrogens is 308 g/mol. The average molecular weight is 334 g/mol. The van der Waals surface area contributed by atoms with Crippen molar-refractivity contribution in [3.05, 3.63) is 29.3 Å². The monoisotopic (exact) mass is 334 g/mol.